The topological polar surface area (TPSA) is 72.3 Å². The largest absolute Gasteiger partial charge is 0.481 e. The second-order valence-corrected chi connectivity index (χ2v) is 4.50. The molecule has 1 saturated carbocycles. The van der Waals surface area contributed by atoms with Gasteiger partial charge < -0.3 is 9.84 Å². The Morgan fingerprint density at radius 1 is 1.39 bits per heavy atom. The van der Waals surface area contributed by atoms with E-state index >= 15 is 0 Å². The van der Waals surface area contributed by atoms with E-state index in [4.69, 9.17) is 4.74 Å². The number of carboxylic acids is 1. The summed E-state index contributed by atoms with van der Waals surface area (Å²) in [6.07, 6.45) is 2.92. The molecule has 1 aliphatic rings. The number of aliphatic carboxylic acids is 1. The molecule has 0 saturated heterocycles. The molecule has 92 valence electrons. The lowest BCUT2D eigenvalue weighted by Crippen LogP contribution is -2.19. The van der Waals surface area contributed by atoms with Gasteiger partial charge in [-0.1, -0.05) is 6.07 Å². The molecule has 0 spiro atoms. The van der Waals surface area contributed by atoms with Crippen LogP contribution in [-0.4, -0.2) is 28.2 Å². The Labute approximate surface area is 103 Å². The lowest BCUT2D eigenvalue weighted by atomic mass is 9.96. The first-order chi connectivity index (χ1) is 8.65. The fourth-order valence-corrected chi connectivity index (χ4v) is 2.14. The zero-order valence-electron chi connectivity index (χ0n) is 9.88. The van der Waals surface area contributed by atoms with Crippen LogP contribution in [0.1, 0.15) is 18.4 Å². The maximum atomic E-state index is 11.3. The third-order valence-electron chi connectivity index (χ3n) is 3.44. The molecule has 3 rings (SSSR count). The number of carboxylic acid groups (broad SMARTS) is 1. The molecule has 1 aromatic heterocycles. The lowest BCUT2D eigenvalue weighted by molar-refractivity contribution is -0.140. The molecule has 5 nitrogen and oxygen atoms in total. The van der Waals surface area contributed by atoms with Gasteiger partial charge in [0, 0.05) is 0 Å². The minimum atomic E-state index is -0.761. The van der Waals surface area contributed by atoms with E-state index in [1.807, 2.05) is 12.1 Å². The summed E-state index contributed by atoms with van der Waals surface area (Å²) in [7, 11) is 1.54. The molecular weight excluding hydrogens is 232 g/mol. The highest BCUT2D eigenvalue weighted by Crippen LogP contribution is 2.48. The summed E-state index contributed by atoms with van der Waals surface area (Å²) in [5.74, 6) is -0.307. The lowest BCUT2D eigenvalue weighted by Gasteiger charge is -2.10. The van der Waals surface area contributed by atoms with Gasteiger partial charge in [0.15, 0.2) is 0 Å². The molecule has 0 bridgehead atoms. The smallest absolute Gasteiger partial charge is 0.314 e. The van der Waals surface area contributed by atoms with E-state index in [-0.39, 0.29) is 0 Å². The average Bonchev–Trinajstić information content (AvgIpc) is 3.19. The van der Waals surface area contributed by atoms with Crippen LogP contribution in [0.2, 0.25) is 0 Å². The second-order valence-electron chi connectivity index (χ2n) is 4.50. The molecule has 0 unspecified atom stereocenters. The third kappa shape index (κ3) is 1.51. The SMILES string of the molecule is COc1cnc2cc(C3(C(=O)O)CC3)ccc2n1. The van der Waals surface area contributed by atoms with Crippen molar-refractivity contribution >= 4 is 17.0 Å². The molecule has 1 N–H and O–H groups in total. The van der Waals surface area contributed by atoms with Gasteiger partial charge in [0.1, 0.15) is 0 Å². The molecule has 1 aromatic carbocycles. The molecule has 0 atom stereocenters. The molecule has 0 aliphatic heterocycles. The van der Waals surface area contributed by atoms with Crippen LogP contribution in [0.5, 0.6) is 5.88 Å². The van der Waals surface area contributed by atoms with Gasteiger partial charge in [0.25, 0.3) is 0 Å². The van der Waals surface area contributed by atoms with Crippen molar-refractivity contribution in [3.63, 3.8) is 0 Å². The quantitative estimate of drug-likeness (QED) is 0.890. The van der Waals surface area contributed by atoms with Gasteiger partial charge >= 0.3 is 5.97 Å². The average molecular weight is 244 g/mol. The molecular formula is C13H12N2O3. The van der Waals surface area contributed by atoms with Crippen LogP contribution < -0.4 is 4.74 Å². The van der Waals surface area contributed by atoms with Gasteiger partial charge in [-0.25, -0.2) is 9.97 Å². The summed E-state index contributed by atoms with van der Waals surface area (Å²) in [4.78, 5) is 19.7. The van der Waals surface area contributed by atoms with Crippen LogP contribution in [0, 0.1) is 0 Å². The number of rotatable bonds is 3. The van der Waals surface area contributed by atoms with Crippen LogP contribution in [0.4, 0.5) is 0 Å². The van der Waals surface area contributed by atoms with Gasteiger partial charge in [-0.15, -0.1) is 0 Å². The summed E-state index contributed by atoms with van der Waals surface area (Å²) in [5, 5.41) is 9.26. The fourth-order valence-electron chi connectivity index (χ4n) is 2.14. The minimum Gasteiger partial charge on any atom is -0.481 e. The summed E-state index contributed by atoms with van der Waals surface area (Å²) >= 11 is 0. The number of hydrogen-bond acceptors (Lipinski definition) is 4. The van der Waals surface area contributed by atoms with Crippen molar-refractivity contribution in [1.82, 2.24) is 9.97 Å². The van der Waals surface area contributed by atoms with Crippen molar-refractivity contribution < 1.29 is 14.6 Å². The normalized spacial score (nSPS) is 16.5. The Hall–Kier alpha value is -2.17. The summed E-state index contributed by atoms with van der Waals surface area (Å²) in [6, 6.07) is 5.42. The van der Waals surface area contributed by atoms with E-state index < -0.39 is 11.4 Å². The van der Waals surface area contributed by atoms with E-state index in [9.17, 15) is 9.90 Å². The van der Waals surface area contributed by atoms with Crippen LogP contribution in [0.3, 0.4) is 0 Å². The highest BCUT2D eigenvalue weighted by atomic mass is 16.5. The molecule has 0 radical (unpaired) electrons. The van der Waals surface area contributed by atoms with Crippen molar-refractivity contribution in [2.45, 2.75) is 18.3 Å². The minimum absolute atomic E-state index is 0.453. The van der Waals surface area contributed by atoms with Gasteiger partial charge in [-0.3, -0.25) is 4.79 Å². The molecule has 1 aliphatic carbocycles. The maximum Gasteiger partial charge on any atom is 0.314 e. The van der Waals surface area contributed by atoms with Crippen molar-refractivity contribution in [1.29, 1.82) is 0 Å². The Morgan fingerprint density at radius 2 is 2.17 bits per heavy atom. The fraction of sp³-hybridized carbons (Fsp3) is 0.308. The molecule has 18 heavy (non-hydrogen) atoms. The number of benzene rings is 1. The van der Waals surface area contributed by atoms with Crippen molar-refractivity contribution in [2.24, 2.45) is 0 Å². The van der Waals surface area contributed by atoms with E-state index in [1.54, 1.807) is 6.07 Å². The van der Waals surface area contributed by atoms with E-state index in [1.165, 1.54) is 13.3 Å². The summed E-state index contributed by atoms with van der Waals surface area (Å²) < 4.78 is 5.00. The molecule has 0 amide bonds. The third-order valence-corrected chi connectivity index (χ3v) is 3.44. The Kier molecular flexibility index (Phi) is 2.23. The highest BCUT2D eigenvalue weighted by molar-refractivity contribution is 5.87. The number of hydrogen-bond donors (Lipinski definition) is 1. The second kappa shape index (κ2) is 3.66. The van der Waals surface area contributed by atoms with Crippen LogP contribution in [0.15, 0.2) is 24.4 Å². The van der Waals surface area contributed by atoms with E-state index in [0.717, 1.165) is 5.56 Å². The number of fused-ring (bicyclic) bond motifs is 1. The molecule has 1 heterocycles. The van der Waals surface area contributed by atoms with E-state index in [2.05, 4.69) is 9.97 Å². The molecule has 1 fully saturated rings. The van der Waals surface area contributed by atoms with Gasteiger partial charge in [-0.05, 0) is 30.5 Å². The predicted octanol–water partition coefficient (Wildman–Crippen LogP) is 1.75. The zero-order valence-corrected chi connectivity index (χ0v) is 9.88. The van der Waals surface area contributed by atoms with Crippen LogP contribution in [-0.2, 0) is 10.2 Å². The van der Waals surface area contributed by atoms with Gasteiger partial charge in [0.2, 0.25) is 5.88 Å². The predicted molar refractivity (Wildman–Crippen MR) is 64.6 cm³/mol. The highest BCUT2D eigenvalue weighted by Gasteiger charge is 2.51. The first kappa shape index (κ1) is 11.0. The summed E-state index contributed by atoms with van der Waals surface area (Å²) in [6.45, 7) is 0. The molecule has 2 aromatic rings. The Balaban J connectivity index is 2.10. The van der Waals surface area contributed by atoms with Crippen molar-refractivity contribution in [3.8, 4) is 5.88 Å². The Bertz CT molecular complexity index is 635. The number of aromatic nitrogens is 2. The Morgan fingerprint density at radius 3 is 2.78 bits per heavy atom. The van der Waals surface area contributed by atoms with Gasteiger partial charge in [-0.2, -0.15) is 0 Å². The standard InChI is InChI=1S/C13H12N2O3/c1-18-11-7-14-10-6-8(2-3-9(10)15-11)13(4-5-13)12(16)17/h2-3,6-7H,4-5H2,1H3,(H,16,17). The zero-order chi connectivity index (χ0) is 12.8. The van der Waals surface area contributed by atoms with Crippen LogP contribution >= 0.6 is 0 Å². The maximum absolute atomic E-state index is 11.3. The monoisotopic (exact) mass is 244 g/mol. The number of methoxy groups -OCH3 is 1. The van der Waals surface area contributed by atoms with Crippen molar-refractivity contribution in [2.75, 3.05) is 7.11 Å². The molecule has 5 heteroatoms. The number of carbonyl (C=O) groups is 1. The number of ether oxygens (including phenoxy) is 1. The van der Waals surface area contributed by atoms with Crippen LogP contribution in [0.25, 0.3) is 11.0 Å². The van der Waals surface area contributed by atoms with Crippen molar-refractivity contribution in [3.05, 3.63) is 30.0 Å². The van der Waals surface area contributed by atoms with Gasteiger partial charge in [0.05, 0.1) is 29.8 Å². The summed E-state index contributed by atoms with van der Waals surface area (Å²) in [5.41, 5.74) is 1.51. The first-order valence-corrected chi connectivity index (χ1v) is 5.70. The van der Waals surface area contributed by atoms with E-state index in [0.29, 0.717) is 29.8 Å². The first-order valence-electron chi connectivity index (χ1n) is 5.70. The number of nitrogens with zero attached hydrogens (tertiary/aromatic N) is 2.